The Bertz CT molecular complexity index is 419. The first-order valence-electron chi connectivity index (χ1n) is 6.80. The maximum atomic E-state index is 6.31. The van der Waals surface area contributed by atoms with E-state index in [0.29, 0.717) is 0 Å². The van der Waals surface area contributed by atoms with Gasteiger partial charge in [-0.2, -0.15) is 0 Å². The van der Waals surface area contributed by atoms with Gasteiger partial charge in [0, 0.05) is 24.7 Å². The summed E-state index contributed by atoms with van der Waals surface area (Å²) in [6.45, 7) is 1.97. The summed E-state index contributed by atoms with van der Waals surface area (Å²) in [7, 11) is 5.47. The summed E-state index contributed by atoms with van der Waals surface area (Å²) in [6.07, 6.45) is 2.73. The van der Waals surface area contributed by atoms with Crippen LogP contribution in [0.1, 0.15) is 24.4 Å². The number of rotatable bonds is 7. The van der Waals surface area contributed by atoms with E-state index in [9.17, 15) is 0 Å². The predicted octanol–water partition coefficient (Wildman–Crippen LogP) is 2.05. The Kier molecular flexibility index (Phi) is 4.66. The molecule has 0 heterocycles. The van der Waals surface area contributed by atoms with Crippen LogP contribution in [0.2, 0.25) is 0 Å². The topological polar surface area (TPSA) is 47.7 Å². The molecular formula is C15H24N2O2. The third kappa shape index (κ3) is 3.85. The Morgan fingerprint density at radius 1 is 1.32 bits per heavy atom. The van der Waals surface area contributed by atoms with Crippen molar-refractivity contribution >= 4 is 0 Å². The number of benzene rings is 1. The van der Waals surface area contributed by atoms with Crippen molar-refractivity contribution in [3.63, 3.8) is 0 Å². The Labute approximate surface area is 115 Å². The molecule has 1 unspecified atom stereocenters. The Morgan fingerprint density at radius 2 is 2.05 bits per heavy atom. The molecule has 2 rings (SSSR count). The summed E-state index contributed by atoms with van der Waals surface area (Å²) in [5, 5.41) is 0. The van der Waals surface area contributed by atoms with E-state index in [4.69, 9.17) is 15.2 Å². The van der Waals surface area contributed by atoms with Crippen LogP contribution in [0.25, 0.3) is 0 Å². The van der Waals surface area contributed by atoms with E-state index in [2.05, 4.69) is 11.9 Å². The highest BCUT2D eigenvalue weighted by Crippen LogP contribution is 2.31. The van der Waals surface area contributed by atoms with Gasteiger partial charge < -0.3 is 20.1 Å². The number of hydrogen-bond donors (Lipinski definition) is 1. The van der Waals surface area contributed by atoms with Crippen molar-refractivity contribution < 1.29 is 9.47 Å². The molecule has 1 aromatic rings. The number of ether oxygens (including phenoxy) is 2. The van der Waals surface area contributed by atoms with Crippen molar-refractivity contribution in [2.75, 3.05) is 34.4 Å². The number of nitrogens with two attached hydrogens (primary N) is 1. The lowest BCUT2D eigenvalue weighted by Gasteiger charge is -2.23. The fourth-order valence-corrected chi connectivity index (χ4v) is 2.38. The summed E-state index contributed by atoms with van der Waals surface area (Å²) < 4.78 is 10.6. The molecule has 0 bridgehead atoms. The third-order valence-corrected chi connectivity index (χ3v) is 3.61. The van der Waals surface area contributed by atoms with E-state index < -0.39 is 0 Å². The highest BCUT2D eigenvalue weighted by molar-refractivity contribution is 5.42. The molecule has 4 heteroatoms. The Morgan fingerprint density at radius 3 is 2.63 bits per heavy atom. The smallest absolute Gasteiger partial charge is 0.123 e. The van der Waals surface area contributed by atoms with Crippen molar-refractivity contribution in [2.45, 2.75) is 18.9 Å². The highest BCUT2D eigenvalue weighted by atomic mass is 16.5. The van der Waals surface area contributed by atoms with E-state index in [1.807, 2.05) is 18.2 Å². The molecule has 0 radical (unpaired) electrons. The molecule has 0 spiro atoms. The van der Waals surface area contributed by atoms with Gasteiger partial charge in [-0.15, -0.1) is 0 Å². The maximum Gasteiger partial charge on any atom is 0.123 e. The van der Waals surface area contributed by atoms with Crippen molar-refractivity contribution in [3.05, 3.63) is 23.8 Å². The SMILES string of the molecule is COc1ccc(OC)c(C(N)CN(C)CC2CC2)c1. The quantitative estimate of drug-likeness (QED) is 0.819. The summed E-state index contributed by atoms with van der Waals surface area (Å²) >= 11 is 0. The molecule has 4 nitrogen and oxygen atoms in total. The van der Waals surface area contributed by atoms with Crippen LogP contribution in [0.5, 0.6) is 11.5 Å². The lowest BCUT2D eigenvalue weighted by Crippen LogP contribution is -2.30. The minimum Gasteiger partial charge on any atom is -0.497 e. The predicted molar refractivity (Wildman–Crippen MR) is 76.7 cm³/mol. The van der Waals surface area contributed by atoms with Gasteiger partial charge in [-0.25, -0.2) is 0 Å². The monoisotopic (exact) mass is 264 g/mol. The molecule has 1 aromatic carbocycles. The van der Waals surface area contributed by atoms with Crippen molar-refractivity contribution in [1.82, 2.24) is 4.90 Å². The largest absolute Gasteiger partial charge is 0.497 e. The third-order valence-electron chi connectivity index (χ3n) is 3.61. The van der Waals surface area contributed by atoms with E-state index >= 15 is 0 Å². The van der Waals surface area contributed by atoms with Crippen LogP contribution in [0.4, 0.5) is 0 Å². The molecule has 0 saturated heterocycles. The highest BCUT2D eigenvalue weighted by Gasteiger charge is 2.24. The molecular weight excluding hydrogens is 240 g/mol. The molecule has 19 heavy (non-hydrogen) atoms. The van der Waals surface area contributed by atoms with Gasteiger partial charge >= 0.3 is 0 Å². The van der Waals surface area contributed by atoms with Crippen LogP contribution in [-0.2, 0) is 0 Å². The van der Waals surface area contributed by atoms with Gasteiger partial charge in [-0.05, 0) is 44.0 Å². The average molecular weight is 264 g/mol. The fraction of sp³-hybridized carbons (Fsp3) is 0.600. The van der Waals surface area contributed by atoms with E-state index in [-0.39, 0.29) is 6.04 Å². The van der Waals surface area contributed by atoms with Crippen molar-refractivity contribution in [3.8, 4) is 11.5 Å². The summed E-state index contributed by atoms with van der Waals surface area (Å²) in [4.78, 5) is 2.31. The van der Waals surface area contributed by atoms with Crippen LogP contribution in [0.3, 0.4) is 0 Å². The van der Waals surface area contributed by atoms with Crippen LogP contribution in [0, 0.1) is 5.92 Å². The van der Waals surface area contributed by atoms with Gasteiger partial charge in [0.2, 0.25) is 0 Å². The second kappa shape index (κ2) is 6.26. The summed E-state index contributed by atoms with van der Waals surface area (Å²) in [5.74, 6) is 2.52. The van der Waals surface area contributed by atoms with Gasteiger partial charge in [-0.1, -0.05) is 0 Å². The minimum atomic E-state index is -0.0613. The van der Waals surface area contributed by atoms with E-state index in [1.54, 1.807) is 14.2 Å². The van der Waals surface area contributed by atoms with Gasteiger partial charge in [0.05, 0.1) is 14.2 Å². The molecule has 1 saturated carbocycles. The fourth-order valence-electron chi connectivity index (χ4n) is 2.38. The van der Waals surface area contributed by atoms with E-state index in [1.165, 1.54) is 12.8 Å². The molecule has 0 aliphatic heterocycles. The lowest BCUT2D eigenvalue weighted by atomic mass is 10.1. The van der Waals surface area contributed by atoms with Gasteiger partial charge in [0.15, 0.2) is 0 Å². The molecule has 1 aliphatic rings. The van der Waals surface area contributed by atoms with E-state index in [0.717, 1.165) is 36.1 Å². The average Bonchev–Trinajstić information content (AvgIpc) is 3.21. The Balaban J connectivity index is 2.04. The van der Waals surface area contributed by atoms with Gasteiger partial charge in [0.1, 0.15) is 11.5 Å². The minimum absolute atomic E-state index is 0.0613. The van der Waals surface area contributed by atoms with Crippen molar-refractivity contribution in [1.29, 1.82) is 0 Å². The first kappa shape index (κ1) is 14.2. The molecule has 1 aliphatic carbocycles. The molecule has 0 amide bonds. The standard InChI is InChI=1S/C15H24N2O2/c1-17(9-11-4-5-11)10-14(16)13-8-12(18-2)6-7-15(13)19-3/h6-8,11,14H,4-5,9-10,16H2,1-3H3. The molecule has 0 aromatic heterocycles. The maximum absolute atomic E-state index is 6.31. The first-order chi connectivity index (χ1) is 9.13. The Hall–Kier alpha value is -1.26. The van der Waals surface area contributed by atoms with Crippen LogP contribution < -0.4 is 15.2 Å². The second-order valence-corrected chi connectivity index (χ2v) is 5.38. The van der Waals surface area contributed by atoms with Crippen LogP contribution >= 0.6 is 0 Å². The molecule has 106 valence electrons. The zero-order valence-electron chi connectivity index (χ0n) is 12.1. The summed E-state index contributed by atoms with van der Waals surface area (Å²) in [6, 6.07) is 5.71. The van der Waals surface area contributed by atoms with Crippen molar-refractivity contribution in [2.24, 2.45) is 11.7 Å². The van der Waals surface area contributed by atoms with Crippen LogP contribution in [-0.4, -0.2) is 39.3 Å². The van der Waals surface area contributed by atoms with Gasteiger partial charge in [-0.3, -0.25) is 0 Å². The first-order valence-corrected chi connectivity index (χ1v) is 6.80. The zero-order valence-corrected chi connectivity index (χ0v) is 12.1. The van der Waals surface area contributed by atoms with Crippen LogP contribution in [0.15, 0.2) is 18.2 Å². The summed E-state index contributed by atoms with van der Waals surface area (Å²) in [5.41, 5.74) is 7.32. The lowest BCUT2D eigenvalue weighted by molar-refractivity contribution is 0.296. The number of nitrogens with zero attached hydrogens (tertiary/aromatic N) is 1. The number of likely N-dealkylation sites (N-methyl/N-ethyl adjacent to an activating group) is 1. The normalized spacial score (nSPS) is 16.5. The number of methoxy groups -OCH3 is 2. The molecule has 1 fully saturated rings. The number of hydrogen-bond acceptors (Lipinski definition) is 4. The van der Waals surface area contributed by atoms with Gasteiger partial charge in [0.25, 0.3) is 0 Å². The molecule has 1 atom stereocenters. The zero-order chi connectivity index (χ0) is 13.8. The second-order valence-electron chi connectivity index (χ2n) is 5.38. The molecule has 2 N–H and O–H groups in total.